The van der Waals surface area contributed by atoms with Crippen LogP contribution in [0.5, 0.6) is 5.75 Å². The quantitative estimate of drug-likeness (QED) is 0.322. The zero-order valence-corrected chi connectivity index (χ0v) is 18.1. The van der Waals surface area contributed by atoms with E-state index in [1.165, 1.54) is 23.1 Å². The van der Waals surface area contributed by atoms with Crippen molar-refractivity contribution in [3.63, 3.8) is 0 Å². The predicted molar refractivity (Wildman–Crippen MR) is 122 cm³/mol. The number of carbonyl (C=O) groups excluding carboxylic acids is 2. The molecule has 0 aromatic heterocycles. The molecule has 170 valence electrons. The van der Waals surface area contributed by atoms with E-state index in [2.05, 4.69) is 0 Å². The molecule has 1 amide bonds. The Hall–Kier alpha value is -4.20. The Bertz CT molecular complexity index is 1090. The number of nitro groups is 1. The first-order chi connectivity index (χ1) is 16.0. The van der Waals surface area contributed by atoms with Gasteiger partial charge in [0, 0.05) is 6.07 Å². The molecule has 0 saturated heterocycles. The van der Waals surface area contributed by atoms with Crippen LogP contribution in [0, 0.1) is 10.1 Å². The molecule has 3 aromatic rings. The van der Waals surface area contributed by atoms with Crippen LogP contribution in [0.15, 0.2) is 84.9 Å². The average Bonchev–Trinajstić information content (AvgIpc) is 2.85. The lowest BCUT2D eigenvalue weighted by molar-refractivity contribution is -0.385. The lowest BCUT2D eigenvalue weighted by Gasteiger charge is -2.28. The summed E-state index contributed by atoms with van der Waals surface area (Å²) in [4.78, 5) is 37.5. The monoisotopic (exact) mass is 448 g/mol. The normalized spacial score (nSPS) is 11.3. The molecular formula is C25H24N2O6. The van der Waals surface area contributed by atoms with Crippen LogP contribution in [-0.4, -0.2) is 34.9 Å². The first-order valence-electron chi connectivity index (χ1n) is 10.4. The molecule has 0 radical (unpaired) electrons. The zero-order chi connectivity index (χ0) is 23.6. The SMILES string of the molecule is C[C@H](c1ccccc1)N(CC(=O)COc1ccccc1[N+](=O)[O-])C(=O)OCc1ccccc1. The lowest BCUT2D eigenvalue weighted by Crippen LogP contribution is -2.39. The van der Waals surface area contributed by atoms with E-state index in [9.17, 15) is 19.7 Å². The average molecular weight is 448 g/mol. The highest BCUT2D eigenvalue weighted by atomic mass is 16.6. The minimum atomic E-state index is -0.644. The molecule has 33 heavy (non-hydrogen) atoms. The lowest BCUT2D eigenvalue weighted by atomic mass is 10.1. The standard InChI is InChI=1S/C25H24N2O6/c1-19(21-12-6-3-7-13-21)26(25(29)33-17-20-10-4-2-5-11-20)16-22(28)18-32-24-15-9-8-14-23(24)27(30)31/h2-15,19H,16-18H2,1H3/t19-/m1/s1. The minimum absolute atomic E-state index is 0.00911. The molecule has 8 nitrogen and oxygen atoms in total. The van der Waals surface area contributed by atoms with Gasteiger partial charge in [0.15, 0.2) is 11.5 Å². The summed E-state index contributed by atoms with van der Waals surface area (Å²) in [7, 11) is 0. The van der Waals surface area contributed by atoms with E-state index in [0.717, 1.165) is 11.1 Å². The van der Waals surface area contributed by atoms with Gasteiger partial charge in [-0.25, -0.2) is 4.79 Å². The minimum Gasteiger partial charge on any atom is -0.479 e. The van der Waals surface area contributed by atoms with Gasteiger partial charge in [0.05, 0.1) is 17.5 Å². The summed E-state index contributed by atoms with van der Waals surface area (Å²) in [5, 5.41) is 11.1. The van der Waals surface area contributed by atoms with Gasteiger partial charge in [0.25, 0.3) is 0 Å². The molecule has 0 bridgehead atoms. The smallest absolute Gasteiger partial charge is 0.411 e. The van der Waals surface area contributed by atoms with Crippen LogP contribution >= 0.6 is 0 Å². The number of ketones is 1. The van der Waals surface area contributed by atoms with E-state index in [1.807, 2.05) is 60.7 Å². The van der Waals surface area contributed by atoms with Crippen molar-refractivity contribution in [1.82, 2.24) is 4.90 Å². The molecular weight excluding hydrogens is 424 g/mol. The predicted octanol–water partition coefficient (Wildman–Crippen LogP) is 4.94. The molecule has 0 aliphatic heterocycles. The Morgan fingerprint density at radius 2 is 1.55 bits per heavy atom. The Balaban J connectivity index is 1.69. The number of amides is 1. The van der Waals surface area contributed by atoms with Crippen molar-refractivity contribution in [1.29, 1.82) is 0 Å². The second-order valence-electron chi connectivity index (χ2n) is 7.31. The van der Waals surface area contributed by atoms with Gasteiger partial charge in [-0.3, -0.25) is 19.8 Å². The molecule has 8 heteroatoms. The zero-order valence-electron chi connectivity index (χ0n) is 18.1. The fourth-order valence-electron chi connectivity index (χ4n) is 3.20. The van der Waals surface area contributed by atoms with E-state index in [0.29, 0.717) is 0 Å². The van der Waals surface area contributed by atoms with Gasteiger partial charge in [-0.05, 0) is 24.1 Å². The first kappa shape index (κ1) is 23.5. The number of rotatable bonds is 10. The number of Topliss-reactive ketones (excluding diaryl/α,β-unsaturated/α-hetero) is 1. The van der Waals surface area contributed by atoms with Gasteiger partial charge >= 0.3 is 11.8 Å². The highest BCUT2D eigenvalue weighted by molar-refractivity contribution is 5.85. The van der Waals surface area contributed by atoms with Gasteiger partial charge in [0.1, 0.15) is 13.2 Å². The summed E-state index contributed by atoms with van der Waals surface area (Å²) in [6.45, 7) is 1.17. The van der Waals surface area contributed by atoms with Gasteiger partial charge in [-0.2, -0.15) is 0 Å². The Morgan fingerprint density at radius 1 is 0.939 bits per heavy atom. The van der Waals surface area contributed by atoms with Gasteiger partial charge < -0.3 is 9.47 Å². The van der Waals surface area contributed by atoms with Gasteiger partial charge in [-0.1, -0.05) is 72.8 Å². The van der Waals surface area contributed by atoms with Crippen LogP contribution in [0.3, 0.4) is 0 Å². The molecule has 0 saturated carbocycles. The van der Waals surface area contributed by atoms with Crippen molar-refractivity contribution in [2.45, 2.75) is 19.6 Å². The maximum absolute atomic E-state index is 12.9. The third kappa shape index (κ3) is 6.64. The number of ether oxygens (including phenoxy) is 2. The number of hydrogen-bond donors (Lipinski definition) is 0. The summed E-state index contributed by atoms with van der Waals surface area (Å²) in [5.41, 5.74) is 1.42. The van der Waals surface area contributed by atoms with Crippen molar-refractivity contribution in [3.8, 4) is 5.75 Å². The fourth-order valence-corrected chi connectivity index (χ4v) is 3.20. The molecule has 0 fully saturated rings. The number of benzene rings is 3. The molecule has 0 N–H and O–H groups in total. The van der Waals surface area contributed by atoms with Crippen molar-refractivity contribution in [2.24, 2.45) is 0 Å². The van der Waals surface area contributed by atoms with Crippen molar-refractivity contribution in [3.05, 3.63) is 106 Å². The summed E-state index contributed by atoms with van der Waals surface area (Å²) < 4.78 is 10.8. The molecule has 0 aliphatic carbocycles. The first-order valence-corrected chi connectivity index (χ1v) is 10.4. The molecule has 0 unspecified atom stereocenters. The van der Waals surface area contributed by atoms with Gasteiger partial charge in [-0.15, -0.1) is 0 Å². The Morgan fingerprint density at radius 3 is 2.21 bits per heavy atom. The molecule has 0 aliphatic rings. The van der Waals surface area contributed by atoms with Crippen molar-refractivity contribution < 1.29 is 24.0 Å². The maximum atomic E-state index is 12.9. The molecule has 0 heterocycles. The summed E-state index contributed by atoms with van der Waals surface area (Å²) in [6, 6.07) is 23.9. The molecule has 1 atom stereocenters. The largest absolute Gasteiger partial charge is 0.479 e. The maximum Gasteiger partial charge on any atom is 0.411 e. The molecule has 3 aromatic carbocycles. The highest BCUT2D eigenvalue weighted by Gasteiger charge is 2.26. The third-order valence-electron chi connectivity index (χ3n) is 4.99. The van der Waals surface area contributed by atoms with Crippen LogP contribution in [0.2, 0.25) is 0 Å². The number of para-hydroxylation sites is 2. The van der Waals surface area contributed by atoms with E-state index >= 15 is 0 Å². The van der Waals surface area contributed by atoms with E-state index in [-0.39, 0.29) is 24.6 Å². The van der Waals surface area contributed by atoms with Crippen LogP contribution in [0.25, 0.3) is 0 Å². The van der Waals surface area contributed by atoms with Crippen molar-refractivity contribution in [2.75, 3.05) is 13.2 Å². The van der Waals surface area contributed by atoms with Gasteiger partial charge in [0.2, 0.25) is 0 Å². The number of carbonyl (C=O) groups is 2. The highest BCUT2D eigenvalue weighted by Crippen LogP contribution is 2.26. The van der Waals surface area contributed by atoms with Crippen LogP contribution in [-0.2, 0) is 16.1 Å². The van der Waals surface area contributed by atoms with E-state index in [1.54, 1.807) is 13.0 Å². The third-order valence-corrected chi connectivity index (χ3v) is 4.99. The second-order valence-corrected chi connectivity index (χ2v) is 7.31. The second kappa shape index (κ2) is 11.4. The fraction of sp³-hybridized carbons (Fsp3) is 0.200. The summed E-state index contributed by atoms with van der Waals surface area (Å²) in [5.74, 6) is -0.433. The summed E-state index contributed by atoms with van der Waals surface area (Å²) >= 11 is 0. The van der Waals surface area contributed by atoms with Crippen LogP contribution in [0.1, 0.15) is 24.1 Å². The number of hydrogen-bond acceptors (Lipinski definition) is 6. The van der Waals surface area contributed by atoms with E-state index < -0.39 is 29.4 Å². The van der Waals surface area contributed by atoms with Crippen LogP contribution < -0.4 is 4.74 Å². The summed E-state index contributed by atoms with van der Waals surface area (Å²) in [6.07, 6.45) is -0.644. The molecule has 3 rings (SSSR count). The Kier molecular flexibility index (Phi) is 8.13. The number of nitrogens with zero attached hydrogens (tertiary/aromatic N) is 2. The van der Waals surface area contributed by atoms with E-state index in [4.69, 9.17) is 9.47 Å². The molecule has 0 spiro atoms. The number of nitro benzene ring substituents is 1. The Labute approximate surface area is 191 Å². The topological polar surface area (TPSA) is 99.0 Å². The van der Waals surface area contributed by atoms with Crippen molar-refractivity contribution >= 4 is 17.6 Å². The van der Waals surface area contributed by atoms with Crippen LogP contribution in [0.4, 0.5) is 10.5 Å².